The van der Waals surface area contributed by atoms with E-state index < -0.39 is 5.41 Å². The number of fused-ring (bicyclic) bond motifs is 1. The van der Waals surface area contributed by atoms with E-state index in [0.29, 0.717) is 22.5 Å². The van der Waals surface area contributed by atoms with Gasteiger partial charge in [-0.1, -0.05) is 54.9 Å². The minimum atomic E-state index is -0.406. The summed E-state index contributed by atoms with van der Waals surface area (Å²) in [7, 11) is 0. The average molecular weight is 799 g/mol. The van der Waals surface area contributed by atoms with E-state index in [2.05, 4.69) is 71.5 Å². The highest BCUT2D eigenvalue weighted by atomic mass is 127. The van der Waals surface area contributed by atoms with E-state index >= 15 is 0 Å². The van der Waals surface area contributed by atoms with Gasteiger partial charge in [0.25, 0.3) is 11.5 Å². The van der Waals surface area contributed by atoms with Gasteiger partial charge in [-0.25, -0.2) is 4.98 Å². The Bertz CT molecular complexity index is 1600. The van der Waals surface area contributed by atoms with Crippen molar-refractivity contribution in [2.75, 3.05) is 11.9 Å². The molecule has 10 heteroatoms. The molecule has 0 aliphatic carbocycles. The van der Waals surface area contributed by atoms with E-state index in [1.165, 1.54) is 4.68 Å². The van der Waals surface area contributed by atoms with Crippen molar-refractivity contribution in [3.05, 3.63) is 93.5 Å². The van der Waals surface area contributed by atoms with Gasteiger partial charge in [0.1, 0.15) is 11.6 Å². The summed E-state index contributed by atoms with van der Waals surface area (Å²) in [5.74, 6) is 0.951. The SMILES string of the molecule is Cc1ccccc1NC(=O)COc1c(I)cc(C=Nn2c(C(C)(C)C)nc3ccc(Br)cc3c2=O)cc1I. The number of rotatable bonds is 6. The normalized spacial score (nSPS) is 11.8. The Morgan fingerprint density at radius 1 is 1.13 bits per heavy atom. The molecule has 0 aliphatic heterocycles. The van der Waals surface area contributed by atoms with E-state index in [9.17, 15) is 9.59 Å². The summed E-state index contributed by atoms with van der Waals surface area (Å²) >= 11 is 7.78. The summed E-state index contributed by atoms with van der Waals surface area (Å²) in [6.45, 7) is 7.82. The van der Waals surface area contributed by atoms with Crippen LogP contribution in [0.3, 0.4) is 0 Å². The van der Waals surface area contributed by atoms with E-state index in [0.717, 1.165) is 28.4 Å². The molecule has 38 heavy (non-hydrogen) atoms. The van der Waals surface area contributed by atoms with Crippen molar-refractivity contribution in [2.45, 2.75) is 33.1 Å². The summed E-state index contributed by atoms with van der Waals surface area (Å²) in [6.07, 6.45) is 1.64. The Balaban J connectivity index is 1.59. The Morgan fingerprint density at radius 2 is 1.82 bits per heavy atom. The molecule has 4 rings (SSSR count). The molecule has 1 amide bonds. The van der Waals surface area contributed by atoms with Crippen molar-refractivity contribution < 1.29 is 9.53 Å². The first-order valence-corrected chi connectivity index (χ1v) is 14.6. The van der Waals surface area contributed by atoms with Gasteiger partial charge in [-0.15, -0.1) is 0 Å². The van der Waals surface area contributed by atoms with Gasteiger partial charge in [0.2, 0.25) is 0 Å². The third-order valence-corrected chi connectivity index (χ3v) is 7.68. The highest BCUT2D eigenvalue weighted by Crippen LogP contribution is 2.29. The van der Waals surface area contributed by atoms with Crippen molar-refractivity contribution in [3.8, 4) is 5.75 Å². The van der Waals surface area contributed by atoms with Gasteiger partial charge >= 0.3 is 0 Å². The molecule has 7 nitrogen and oxygen atoms in total. The zero-order valence-corrected chi connectivity index (χ0v) is 27.1. The molecule has 0 aliphatic rings. The Labute approximate surface area is 256 Å². The Morgan fingerprint density at radius 3 is 2.47 bits per heavy atom. The zero-order chi connectivity index (χ0) is 27.6. The summed E-state index contributed by atoms with van der Waals surface area (Å²) in [5, 5.41) is 7.92. The first-order valence-electron chi connectivity index (χ1n) is 11.7. The van der Waals surface area contributed by atoms with Crippen LogP contribution in [0.2, 0.25) is 0 Å². The molecule has 0 bridgehead atoms. The Hall–Kier alpha value is -2.32. The molecule has 0 saturated carbocycles. The predicted molar refractivity (Wildman–Crippen MR) is 173 cm³/mol. The number of hydrogen-bond donors (Lipinski definition) is 1. The van der Waals surface area contributed by atoms with Crippen molar-refractivity contribution in [2.24, 2.45) is 5.10 Å². The zero-order valence-electron chi connectivity index (χ0n) is 21.2. The maximum absolute atomic E-state index is 13.4. The lowest BCUT2D eigenvalue weighted by Gasteiger charge is -2.21. The molecule has 196 valence electrons. The Kier molecular flexibility index (Phi) is 8.92. The summed E-state index contributed by atoms with van der Waals surface area (Å²) in [6, 6.07) is 16.8. The van der Waals surface area contributed by atoms with E-state index in [4.69, 9.17) is 9.72 Å². The number of carbonyl (C=O) groups is 1. The number of halogens is 3. The van der Waals surface area contributed by atoms with Gasteiger partial charge in [0, 0.05) is 15.6 Å². The summed E-state index contributed by atoms with van der Waals surface area (Å²) in [4.78, 5) is 30.6. The number of aryl methyl sites for hydroxylation is 1. The molecule has 0 spiro atoms. The molecule has 0 radical (unpaired) electrons. The number of hydrogen-bond acceptors (Lipinski definition) is 5. The molecule has 1 heterocycles. The molecule has 1 N–H and O–H groups in total. The molecule has 0 unspecified atom stereocenters. The molecule has 1 aromatic heterocycles. The number of para-hydroxylation sites is 1. The minimum absolute atomic E-state index is 0.115. The highest BCUT2D eigenvalue weighted by Gasteiger charge is 2.23. The number of carbonyl (C=O) groups excluding carboxylic acids is 1. The number of ether oxygens (including phenoxy) is 1. The number of nitrogens with one attached hydrogen (secondary N) is 1. The number of amides is 1. The molecule has 0 saturated heterocycles. The molecule has 0 atom stereocenters. The van der Waals surface area contributed by atoms with Gasteiger partial charge in [-0.2, -0.15) is 9.78 Å². The van der Waals surface area contributed by atoms with Crippen LogP contribution in [0.25, 0.3) is 10.9 Å². The van der Waals surface area contributed by atoms with Crippen LogP contribution < -0.4 is 15.6 Å². The molecular weight excluding hydrogens is 774 g/mol. The van der Waals surface area contributed by atoms with Gasteiger partial charge in [-0.3, -0.25) is 9.59 Å². The van der Waals surface area contributed by atoms with Crippen LogP contribution in [0.4, 0.5) is 5.69 Å². The first kappa shape index (κ1) is 28.7. The average Bonchev–Trinajstić information content (AvgIpc) is 2.84. The number of nitrogens with zero attached hydrogens (tertiary/aromatic N) is 3. The lowest BCUT2D eigenvalue weighted by Crippen LogP contribution is -2.29. The summed E-state index contributed by atoms with van der Waals surface area (Å²) in [5.41, 5.74) is 2.52. The lowest BCUT2D eigenvalue weighted by molar-refractivity contribution is -0.118. The van der Waals surface area contributed by atoms with Crippen LogP contribution in [-0.4, -0.2) is 28.4 Å². The number of anilines is 1. The highest BCUT2D eigenvalue weighted by molar-refractivity contribution is 14.1. The van der Waals surface area contributed by atoms with Crippen molar-refractivity contribution in [1.29, 1.82) is 0 Å². The van der Waals surface area contributed by atoms with Crippen LogP contribution in [-0.2, 0) is 10.2 Å². The number of benzene rings is 3. The lowest BCUT2D eigenvalue weighted by atomic mass is 9.95. The predicted octanol–water partition coefficient (Wildman–Crippen LogP) is 6.87. The molecular formula is C28H25BrI2N4O3. The summed E-state index contributed by atoms with van der Waals surface area (Å²) < 4.78 is 9.68. The molecule has 4 aromatic rings. The first-order chi connectivity index (χ1) is 17.9. The van der Waals surface area contributed by atoms with Crippen LogP contribution >= 0.6 is 61.1 Å². The monoisotopic (exact) mass is 798 g/mol. The fourth-order valence-electron chi connectivity index (χ4n) is 3.69. The fraction of sp³-hybridized carbons (Fsp3) is 0.214. The second-order valence-electron chi connectivity index (χ2n) is 9.67. The topological polar surface area (TPSA) is 85.6 Å². The van der Waals surface area contributed by atoms with Crippen LogP contribution in [0.15, 0.2) is 69.0 Å². The molecule has 3 aromatic carbocycles. The van der Waals surface area contributed by atoms with Gasteiger partial charge < -0.3 is 10.1 Å². The molecule has 0 fully saturated rings. The minimum Gasteiger partial charge on any atom is -0.482 e. The van der Waals surface area contributed by atoms with E-state index in [-0.39, 0.29) is 18.1 Å². The third-order valence-electron chi connectivity index (χ3n) is 5.59. The number of aromatic nitrogens is 2. The van der Waals surface area contributed by atoms with Crippen LogP contribution in [0, 0.1) is 14.1 Å². The van der Waals surface area contributed by atoms with Gasteiger partial charge in [-0.05, 0) is 99.6 Å². The second kappa shape index (κ2) is 11.8. The van der Waals surface area contributed by atoms with E-state index in [1.807, 2.05) is 76.2 Å². The van der Waals surface area contributed by atoms with Crippen molar-refractivity contribution in [1.82, 2.24) is 9.66 Å². The largest absolute Gasteiger partial charge is 0.482 e. The quantitative estimate of drug-likeness (QED) is 0.171. The maximum Gasteiger partial charge on any atom is 0.282 e. The second-order valence-corrected chi connectivity index (χ2v) is 12.9. The third kappa shape index (κ3) is 6.63. The van der Waals surface area contributed by atoms with Gasteiger partial charge in [0.15, 0.2) is 6.61 Å². The smallest absolute Gasteiger partial charge is 0.282 e. The van der Waals surface area contributed by atoms with Crippen molar-refractivity contribution >= 4 is 89.8 Å². The standard InChI is InChI=1S/C28H25BrI2N4O3/c1-16-7-5-6-8-22(16)33-24(36)15-38-25-20(30)11-17(12-21(25)31)14-32-35-26(37)19-13-18(29)9-10-23(19)34-27(35)28(2,3)4/h5-14H,15H2,1-4H3,(H,33,36). The van der Waals surface area contributed by atoms with E-state index in [1.54, 1.807) is 12.3 Å². The van der Waals surface area contributed by atoms with Crippen LogP contribution in [0.5, 0.6) is 5.75 Å². The van der Waals surface area contributed by atoms with Crippen LogP contribution in [0.1, 0.15) is 37.7 Å². The fourth-order valence-corrected chi connectivity index (χ4v) is 6.18. The maximum atomic E-state index is 13.4. The van der Waals surface area contributed by atoms with Crippen molar-refractivity contribution in [3.63, 3.8) is 0 Å². The van der Waals surface area contributed by atoms with Gasteiger partial charge in [0.05, 0.1) is 24.3 Å².